The number of urea groups is 2. The first-order valence-corrected chi connectivity index (χ1v) is 16.6. The molecule has 51 heavy (non-hydrogen) atoms. The first-order valence-electron chi connectivity index (χ1n) is 15.8. The van der Waals surface area contributed by atoms with Crippen molar-refractivity contribution in [3.05, 3.63) is 106 Å². The Morgan fingerprint density at radius 2 is 1.29 bits per heavy atom. The molecule has 2 fully saturated rings. The number of halogens is 5. The van der Waals surface area contributed by atoms with Crippen molar-refractivity contribution >= 4 is 58.0 Å². The molecule has 4 amide bonds. The van der Waals surface area contributed by atoms with E-state index in [1.165, 1.54) is 6.20 Å². The number of aromatic nitrogens is 2. The third kappa shape index (κ3) is 11.2. The van der Waals surface area contributed by atoms with E-state index in [4.69, 9.17) is 32.7 Å². The molecule has 0 saturated carbocycles. The summed E-state index contributed by atoms with van der Waals surface area (Å²) in [4.78, 5) is 31.3. The molecule has 2 atom stereocenters. The van der Waals surface area contributed by atoms with Gasteiger partial charge in [-0.3, -0.25) is 0 Å². The zero-order valence-electron chi connectivity index (χ0n) is 27.2. The Bertz CT molecular complexity index is 1790. The number of nitrogens with one attached hydrogen (secondary N) is 6. The summed E-state index contributed by atoms with van der Waals surface area (Å²) in [6.45, 7) is 6.42. The number of pyridine rings is 2. The highest BCUT2D eigenvalue weighted by molar-refractivity contribution is 6.33. The van der Waals surface area contributed by atoms with Crippen molar-refractivity contribution < 1.29 is 32.2 Å². The number of ether oxygens (including phenoxy) is 2. The number of aryl methyl sites for hydroxylation is 1. The number of amides is 4. The van der Waals surface area contributed by atoms with Crippen molar-refractivity contribution in [2.75, 3.05) is 60.7 Å². The number of carbonyl (C=O) groups excluding carboxylic acids is 2. The first-order chi connectivity index (χ1) is 24.4. The molecule has 2 aromatic carbocycles. The van der Waals surface area contributed by atoms with E-state index in [1.807, 2.05) is 25.1 Å². The van der Waals surface area contributed by atoms with Crippen LogP contribution in [0.1, 0.15) is 34.6 Å². The lowest BCUT2D eigenvalue weighted by Gasteiger charge is -2.24. The SMILES string of the molecule is Cc1cc([C@@H]2CNCCO2)ccc1NC(=O)Nc1ccc(Cl)nc1.O=C(Nc1ccc(C(F)(F)F)nc1)Nc1ccc([C@@H]2CNCCO2)cc1Cl. The predicted octanol–water partition coefficient (Wildman–Crippen LogP) is 7.41. The number of morpholine rings is 2. The molecule has 270 valence electrons. The summed E-state index contributed by atoms with van der Waals surface area (Å²) in [7, 11) is 0. The number of benzene rings is 2. The smallest absolute Gasteiger partial charge is 0.371 e. The van der Waals surface area contributed by atoms with E-state index in [0.717, 1.165) is 60.3 Å². The Kier molecular flexibility index (Phi) is 13.0. The lowest BCUT2D eigenvalue weighted by atomic mass is 10.0. The van der Waals surface area contributed by atoms with Gasteiger partial charge < -0.3 is 41.4 Å². The number of nitrogens with zero attached hydrogens (tertiary/aromatic N) is 2. The number of hydrogen-bond acceptors (Lipinski definition) is 8. The van der Waals surface area contributed by atoms with E-state index in [0.29, 0.717) is 41.3 Å². The number of alkyl halides is 3. The minimum absolute atomic E-state index is 0.0560. The minimum atomic E-state index is -4.53. The van der Waals surface area contributed by atoms with Crippen LogP contribution in [0.4, 0.5) is 45.5 Å². The van der Waals surface area contributed by atoms with E-state index in [1.54, 1.807) is 30.3 Å². The summed E-state index contributed by atoms with van der Waals surface area (Å²) in [6, 6.07) is 15.3. The van der Waals surface area contributed by atoms with Gasteiger partial charge in [0.05, 0.1) is 59.9 Å². The highest BCUT2D eigenvalue weighted by atomic mass is 35.5. The van der Waals surface area contributed by atoms with Crippen molar-refractivity contribution in [2.24, 2.45) is 0 Å². The summed E-state index contributed by atoms with van der Waals surface area (Å²) in [6.07, 6.45) is -2.16. The average molecular weight is 748 g/mol. The Morgan fingerprint density at radius 3 is 1.76 bits per heavy atom. The van der Waals surface area contributed by atoms with Gasteiger partial charge in [-0.05, 0) is 66.1 Å². The normalized spacial score (nSPS) is 17.4. The molecule has 2 aliphatic rings. The van der Waals surface area contributed by atoms with Gasteiger partial charge in [-0.25, -0.2) is 19.6 Å². The van der Waals surface area contributed by atoms with Gasteiger partial charge in [0.2, 0.25) is 0 Å². The Balaban J connectivity index is 0.000000199. The molecular weight excluding hydrogens is 712 g/mol. The Hall–Kier alpha value is -4.51. The Morgan fingerprint density at radius 1 is 0.745 bits per heavy atom. The molecule has 0 bridgehead atoms. The summed E-state index contributed by atoms with van der Waals surface area (Å²) < 4.78 is 48.9. The Labute approximate surface area is 301 Å². The molecular formula is C34H35Cl2F3N8O4. The predicted molar refractivity (Wildman–Crippen MR) is 190 cm³/mol. The van der Waals surface area contributed by atoms with Crippen LogP contribution in [0, 0.1) is 6.92 Å². The van der Waals surface area contributed by atoms with E-state index in [-0.39, 0.29) is 23.9 Å². The van der Waals surface area contributed by atoms with Crippen molar-refractivity contribution in [3.63, 3.8) is 0 Å². The second kappa shape index (κ2) is 17.6. The van der Waals surface area contributed by atoms with Gasteiger partial charge in [-0.15, -0.1) is 0 Å². The fourth-order valence-corrected chi connectivity index (χ4v) is 5.42. The third-order valence-electron chi connectivity index (χ3n) is 7.64. The van der Waals surface area contributed by atoms with Gasteiger partial charge in [-0.1, -0.05) is 41.4 Å². The third-order valence-corrected chi connectivity index (χ3v) is 8.17. The quantitative estimate of drug-likeness (QED) is 0.112. The minimum Gasteiger partial charge on any atom is -0.371 e. The summed E-state index contributed by atoms with van der Waals surface area (Å²) >= 11 is 11.9. The van der Waals surface area contributed by atoms with Crippen LogP contribution in [0.25, 0.3) is 0 Å². The average Bonchev–Trinajstić information content (AvgIpc) is 3.12. The number of rotatable bonds is 6. The molecule has 17 heteroatoms. The molecule has 2 aromatic heterocycles. The topological polar surface area (TPSA) is 151 Å². The zero-order valence-corrected chi connectivity index (χ0v) is 28.8. The van der Waals surface area contributed by atoms with Crippen molar-refractivity contribution in [1.29, 1.82) is 0 Å². The molecule has 2 saturated heterocycles. The number of anilines is 4. The molecule has 6 rings (SSSR count). The highest BCUT2D eigenvalue weighted by Gasteiger charge is 2.32. The van der Waals surface area contributed by atoms with Crippen LogP contribution in [-0.2, 0) is 15.7 Å². The monoisotopic (exact) mass is 746 g/mol. The summed E-state index contributed by atoms with van der Waals surface area (Å²) in [5.41, 5.74) is 3.74. The van der Waals surface area contributed by atoms with Crippen LogP contribution in [0.3, 0.4) is 0 Å². The van der Waals surface area contributed by atoms with Gasteiger partial charge in [0, 0.05) is 31.9 Å². The maximum atomic E-state index is 12.5. The van der Waals surface area contributed by atoms with Gasteiger partial charge >= 0.3 is 18.2 Å². The lowest BCUT2D eigenvalue weighted by Crippen LogP contribution is -2.33. The van der Waals surface area contributed by atoms with Gasteiger partial charge in [0.1, 0.15) is 10.8 Å². The number of hydrogen-bond donors (Lipinski definition) is 6. The maximum Gasteiger partial charge on any atom is 0.433 e. The van der Waals surface area contributed by atoms with Crippen LogP contribution in [0.15, 0.2) is 73.1 Å². The molecule has 0 aliphatic carbocycles. The highest BCUT2D eigenvalue weighted by Crippen LogP contribution is 2.30. The van der Waals surface area contributed by atoms with Crippen LogP contribution in [0.2, 0.25) is 10.2 Å². The van der Waals surface area contributed by atoms with E-state index >= 15 is 0 Å². The van der Waals surface area contributed by atoms with Crippen molar-refractivity contribution in [2.45, 2.75) is 25.3 Å². The molecule has 12 nitrogen and oxygen atoms in total. The van der Waals surface area contributed by atoms with Crippen molar-refractivity contribution in [3.8, 4) is 0 Å². The van der Waals surface area contributed by atoms with Gasteiger partial charge in [0.15, 0.2) is 0 Å². The van der Waals surface area contributed by atoms with Crippen LogP contribution < -0.4 is 31.9 Å². The van der Waals surface area contributed by atoms with Crippen LogP contribution in [-0.4, -0.2) is 61.4 Å². The second-order valence-electron chi connectivity index (χ2n) is 11.4. The zero-order chi connectivity index (χ0) is 36.4. The van der Waals surface area contributed by atoms with Gasteiger partial charge in [0.25, 0.3) is 0 Å². The molecule has 0 unspecified atom stereocenters. The summed E-state index contributed by atoms with van der Waals surface area (Å²) in [5, 5.41) is 17.7. The fraction of sp³-hybridized carbons (Fsp3) is 0.294. The molecule has 0 radical (unpaired) electrons. The molecule has 2 aliphatic heterocycles. The molecule has 4 heterocycles. The molecule has 4 aromatic rings. The molecule has 0 spiro atoms. The lowest BCUT2D eigenvalue weighted by molar-refractivity contribution is -0.141. The largest absolute Gasteiger partial charge is 0.433 e. The second-order valence-corrected chi connectivity index (χ2v) is 12.2. The van der Waals surface area contributed by atoms with Crippen molar-refractivity contribution in [1.82, 2.24) is 20.6 Å². The maximum absolute atomic E-state index is 12.5. The standard InChI is InChI=1S/C17H16ClF3N4O2.C17H19ClN4O2/c18-12-7-10(14-9-22-5-6-27-14)1-3-13(12)25-16(26)24-11-2-4-15(23-8-11)17(19,20)21;1-11-8-12(15-10-19-6-7-24-15)2-4-14(11)22-17(23)21-13-3-5-16(18)20-9-13/h1-4,7-8,14,22H,5-6,9H2,(H2,24,25,26);2-5,8-9,15,19H,6-7,10H2,1H3,(H2,21,22,23)/t14-;15-/m00/s1. The first kappa shape index (κ1) is 37.7. The molecule has 6 N–H and O–H groups in total. The van der Waals surface area contributed by atoms with Crippen LogP contribution in [0.5, 0.6) is 0 Å². The summed E-state index contributed by atoms with van der Waals surface area (Å²) in [5.74, 6) is 0. The van der Waals surface area contributed by atoms with Gasteiger partial charge in [-0.2, -0.15) is 13.2 Å². The fourth-order valence-electron chi connectivity index (χ4n) is 5.07. The van der Waals surface area contributed by atoms with E-state index in [2.05, 4.69) is 41.9 Å². The van der Waals surface area contributed by atoms with E-state index in [9.17, 15) is 22.8 Å². The van der Waals surface area contributed by atoms with E-state index < -0.39 is 17.9 Å². The van der Waals surface area contributed by atoms with Crippen LogP contribution >= 0.6 is 23.2 Å². The number of carbonyl (C=O) groups is 2.